The summed E-state index contributed by atoms with van der Waals surface area (Å²) in [5, 5.41) is 7.03. The van der Waals surface area contributed by atoms with Crippen LogP contribution in [0.2, 0.25) is 0 Å². The van der Waals surface area contributed by atoms with Crippen molar-refractivity contribution in [2.24, 2.45) is 0 Å². The Morgan fingerprint density at radius 1 is 1.00 bits per heavy atom. The van der Waals surface area contributed by atoms with Gasteiger partial charge < -0.3 is 10.6 Å². The summed E-state index contributed by atoms with van der Waals surface area (Å²) in [6.45, 7) is 1.80. The van der Waals surface area contributed by atoms with Gasteiger partial charge in [0, 0.05) is 36.9 Å². The van der Waals surface area contributed by atoms with Crippen LogP contribution >= 0.6 is 0 Å². The van der Waals surface area contributed by atoms with Gasteiger partial charge in [-0.25, -0.2) is 4.39 Å². The summed E-state index contributed by atoms with van der Waals surface area (Å²) in [5.74, 6) is -0.333. The Balaban J connectivity index is 1.20. The van der Waals surface area contributed by atoms with Crippen molar-refractivity contribution < 1.29 is 14.0 Å². The van der Waals surface area contributed by atoms with Crippen molar-refractivity contribution >= 4 is 28.4 Å². The number of halogens is 1. The normalized spacial score (nSPS) is 22.7. The van der Waals surface area contributed by atoms with Crippen LogP contribution in [0.4, 0.5) is 10.1 Å². The molecule has 3 aromatic carbocycles. The van der Waals surface area contributed by atoms with Crippen LogP contribution in [0, 0.1) is 5.82 Å². The quantitative estimate of drug-likeness (QED) is 0.453. The number of carbonyl (C=O) groups excluding carboxylic acids is 2. The highest BCUT2D eigenvalue weighted by Crippen LogP contribution is 2.47. The molecule has 6 nitrogen and oxygen atoms in total. The fourth-order valence-corrected chi connectivity index (χ4v) is 6.29. The molecule has 1 saturated heterocycles. The van der Waals surface area contributed by atoms with Crippen molar-refractivity contribution in [1.82, 2.24) is 15.2 Å². The Morgan fingerprint density at radius 2 is 1.78 bits per heavy atom. The predicted octanol–water partition coefficient (Wildman–Crippen LogP) is 4.04. The fraction of sp³-hybridized carbons (Fsp3) is 0.233. The number of aromatic nitrogens is 1. The lowest BCUT2D eigenvalue weighted by atomic mass is 9.79. The second kappa shape index (κ2) is 8.21. The lowest BCUT2D eigenvalue weighted by Gasteiger charge is -2.35. The smallest absolute Gasteiger partial charge is 0.242 e. The number of rotatable bonds is 3. The molecule has 2 N–H and O–H groups in total. The summed E-state index contributed by atoms with van der Waals surface area (Å²) in [6.07, 6.45) is 3.21. The Hall–Kier alpha value is -4.10. The zero-order chi connectivity index (χ0) is 25.1. The largest absolute Gasteiger partial charge is 0.353 e. The van der Waals surface area contributed by atoms with E-state index < -0.39 is 11.5 Å². The summed E-state index contributed by atoms with van der Waals surface area (Å²) in [5.41, 5.74) is 6.45. The average Bonchev–Trinajstić information content (AvgIpc) is 3.40. The molecule has 1 fully saturated rings. The lowest BCUT2D eigenvalue weighted by molar-refractivity contribution is -0.129. The van der Waals surface area contributed by atoms with Crippen LogP contribution in [0.5, 0.6) is 0 Å². The summed E-state index contributed by atoms with van der Waals surface area (Å²) < 4.78 is 13.5. The summed E-state index contributed by atoms with van der Waals surface area (Å²) in [7, 11) is 0. The number of carbonyl (C=O) groups is 2. The van der Waals surface area contributed by atoms with E-state index in [2.05, 4.69) is 39.8 Å². The molecule has 2 aliphatic heterocycles. The number of amides is 2. The fourth-order valence-electron chi connectivity index (χ4n) is 6.29. The first-order valence-electron chi connectivity index (χ1n) is 12.6. The number of para-hydroxylation sites is 1. The molecule has 3 aliphatic rings. The van der Waals surface area contributed by atoms with Gasteiger partial charge in [-0.15, -0.1) is 0 Å². The number of nitrogens with one attached hydrogen (secondary N) is 2. The minimum Gasteiger partial charge on any atom is -0.353 e. The average molecular weight is 493 g/mol. The SMILES string of the molecule is O=C1NCCN(Cc2cnc3cc4c(cc3c2)C[C@@]2(C4)C(=O)Nc3ccccc32)C1c1ccc(F)cc1. The van der Waals surface area contributed by atoms with Gasteiger partial charge in [0.15, 0.2) is 0 Å². The van der Waals surface area contributed by atoms with Crippen LogP contribution in [0.3, 0.4) is 0 Å². The molecule has 3 heterocycles. The van der Waals surface area contributed by atoms with E-state index in [1.54, 1.807) is 12.1 Å². The molecular formula is C30H25FN4O2. The highest BCUT2D eigenvalue weighted by atomic mass is 19.1. The minimum atomic E-state index is -0.553. The van der Waals surface area contributed by atoms with Gasteiger partial charge in [-0.2, -0.15) is 0 Å². The molecule has 184 valence electrons. The molecule has 1 aromatic heterocycles. The van der Waals surface area contributed by atoms with E-state index in [0.29, 0.717) is 32.5 Å². The molecular weight excluding hydrogens is 467 g/mol. The van der Waals surface area contributed by atoms with E-state index in [4.69, 9.17) is 4.98 Å². The third-order valence-corrected chi connectivity index (χ3v) is 8.05. The number of nitrogens with zero attached hydrogens (tertiary/aromatic N) is 2. The van der Waals surface area contributed by atoms with Gasteiger partial charge in [0.1, 0.15) is 11.9 Å². The first kappa shape index (κ1) is 22.1. The number of piperazine rings is 1. The van der Waals surface area contributed by atoms with Crippen molar-refractivity contribution in [3.05, 3.63) is 107 Å². The van der Waals surface area contributed by atoms with Crippen molar-refractivity contribution in [2.45, 2.75) is 30.8 Å². The molecule has 1 spiro atoms. The second-order valence-corrected chi connectivity index (χ2v) is 10.3. The van der Waals surface area contributed by atoms with E-state index in [1.165, 1.54) is 23.3 Å². The summed E-state index contributed by atoms with van der Waals surface area (Å²) in [4.78, 5) is 32.7. The molecule has 2 atom stereocenters. The molecule has 1 aliphatic carbocycles. The van der Waals surface area contributed by atoms with Crippen LogP contribution in [0.15, 0.2) is 72.9 Å². The van der Waals surface area contributed by atoms with Crippen LogP contribution in [-0.4, -0.2) is 34.8 Å². The zero-order valence-corrected chi connectivity index (χ0v) is 20.1. The molecule has 0 saturated carbocycles. The van der Waals surface area contributed by atoms with Gasteiger partial charge in [0.05, 0.1) is 10.9 Å². The molecule has 0 bridgehead atoms. The van der Waals surface area contributed by atoms with Crippen molar-refractivity contribution in [3.8, 4) is 0 Å². The monoisotopic (exact) mass is 492 g/mol. The maximum atomic E-state index is 13.5. The zero-order valence-electron chi connectivity index (χ0n) is 20.1. The van der Waals surface area contributed by atoms with Gasteiger partial charge in [-0.05, 0) is 77.1 Å². The third-order valence-electron chi connectivity index (χ3n) is 8.05. The van der Waals surface area contributed by atoms with Gasteiger partial charge in [-0.3, -0.25) is 19.5 Å². The number of benzene rings is 3. The van der Waals surface area contributed by atoms with E-state index in [0.717, 1.165) is 33.3 Å². The van der Waals surface area contributed by atoms with Gasteiger partial charge >= 0.3 is 0 Å². The molecule has 4 aromatic rings. The summed E-state index contributed by atoms with van der Waals surface area (Å²) >= 11 is 0. The Morgan fingerprint density at radius 3 is 2.62 bits per heavy atom. The standard InChI is InChI=1S/C30H25FN4O2/c31-23-7-5-19(6-8-23)27-28(36)32-9-10-35(27)17-18-11-20-12-21-14-30(15-22(21)13-26(20)33-16-18)24-3-1-2-4-25(24)34-29(30)37/h1-8,11-13,16,27H,9-10,14-15,17H2,(H,32,36)(H,34,37)/t27?,30-/m0/s1. The van der Waals surface area contributed by atoms with Crippen LogP contribution in [-0.2, 0) is 34.4 Å². The number of pyridine rings is 1. The Kier molecular flexibility index (Phi) is 4.91. The van der Waals surface area contributed by atoms with Crippen molar-refractivity contribution in [1.29, 1.82) is 0 Å². The highest BCUT2D eigenvalue weighted by molar-refractivity contribution is 6.07. The summed E-state index contributed by atoms with van der Waals surface area (Å²) in [6, 6.07) is 20.0. The van der Waals surface area contributed by atoms with Gasteiger partial charge in [-0.1, -0.05) is 30.3 Å². The molecule has 7 heteroatoms. The molecule has 2 amide bonds. The third kappa shape index (κ3) is 3.53. The lowest BCUT2D eigenvalue weighted by Crippen LogP contribution is -2.49. The molecule has 1 unspecified atom stereocenters. The topological polar surface area (TPSA) is 74.3 Å². The van der Waals surface area contributed by atoms with E-state index in [1.807, 2.05) is 24.4 Å². The van der Waals surface area contributed by atoms with Crippen molar-refractivity contribution in [3.63, 3.8) is 0 Å². The number of hydrogen-bond donors (Lipinski definition) is 2. The van der Waals surface area contributed by atoms with Crippen LogP contribution < -0.4 is 10.6 Å². The second-order valence-electron chi connectivity index (χ2n) is 10.3. The van der Waals surface area contributed by atoms with Gasteiger partial charge in [0.2, 0.25) is 11.8 Å². The predicted molar refractivity (Wildman–Crippen MR) is 138 cm³/mol. The maximum Gasteiger partial charge on any atom is 0.242 e. The number of fused-ring (bicyclic) bond motifs is 4. The van der Waals surface area contributed by atoms with Gasteiger partial charge in [0.25, 0.3) is 0 Å². The van der Waals surface area contributed by atoms with E-state index >= 15 is 0 Å². The number of anilines is 1. The van der Waals surface area contributed by atoms with Crippen LogP contribution in [0.1, 0.15) is 33.9 Å². The highest BCUT2D eigenvalue weighted by Gasteiger charge is 2.50. The molecule has 0 radical (unpaired) electrons. The number of hydrogen-bond acceptors (Lipinski definition) is 4. The maximum absolute atomic E-state index is 13.5. The molecule has 37 heavy (non-hydrogen) atoms. The first-order chi connectivity index (χ1) is 18.0. The Bertz CT molecular complexity index is 1580. The van der Waals surface area contributed by atoms with Crippen molar-refractivity contribution in [2.75, 3.05) is 18.4 Å². The molecule has 7 rings (SSSR count). The first-order valence-corrected chi connectivity index (χ1v) is 12.6. The van der Waals surface area contributed by atoms with Crippen LogP contribution in [0.25, 0.3) is 10.9 Å². The minimum absolute atomic E-state index is 0.0674. The Labute approximate surface area is 213 Å². The van der Waals surface area contributed by atoms with E-state index in [-0.39, 0.29) is 17.6 Å². The van der Waals surface area contributed by atoms with E-state index in [9.17, 15) is 14.0 Å².